The molecule has 134 valence electrons. The minimum atomic E-state index is -0.255. The molecular formula is C21H29N3O. The van der Waals surface area contributed by atoms with Crippen molar-refractivity contribution in [2.75, 3.05) is 18.0 Å². The first-order valence-electron chi connectivity index (χ1n) is 9.36. The van der Waals surface area contributed by atoms with E-state index in [9.17, 15) is 10.1 Å². The van der Waals surface area contributed by atoms with E-state index in [1.54, 1.807) is 6.08 Å². The summed E-state index contributed by atoms with van der Waals surface area (Å²) in [6, 6.07) is 10.2. The number of anilines is 1. The van der Waals surface area contributed by atoms with Crippen LogP contribution in [0.5, 0.6) is 0 Å². The van der Waals surface area contributed by atoms with Crippen LogP contribution in [0.25, 0.3) is 6.08 Å². The van der Waals surface area contributed by atoms with Crippen molar-refractivity contribution in [1.82, 2.24) is 5.32 Å². The lowest BCUT2D eigenvalue weighted by Gasteiger charge is -2.29. The number of nitrogens with zero attached hydrogens (tertiary/aromatic N) is 2. The van der Waals surface area contributed by atoms with Crippen molar-refractivity contribution in [1.29, 1.82) is 5.26 Å². The highest BCUT2D eigenvalue weighted by atomic mass is 16.1. The molecule has 1 aromatic carbocycles. The van der Waals surface area contributed by atoms with Gasteiger partial charge in [-0.1, -0.05) is 31.9 Å². The monoisotopic (exact) mass is 339 g/mol. The van der Waals surface area contributed by atoms with Crippen LogP contribution < -0.4 is 10.2 Å². The van der Waals surface area contributed by atoms with Crippen molar-refractivity contribution >= 4 is 17.7 Å². The lowest BCUT2D eigenvalue weighted by molar-refractivity contribution is -0.118. The number of carbonyl (C=O) groups is 1. The second-order valence-corrected chi connectivity index (χ2v) is 6.78. The van der Waals surface area contributed by atoms with Gasteiger partial charge in [0.15, 0.2) is 0 Å². The van der Waals surface area contributed by atoms with Crippen LogP contribution in [0.3, 0.4) is 0 Å². The van der Waals surface area contributed by atoms with Crippen LogP contribution in [-0.4, -0.2) is 25.0 Å². The molecule has 1 amide bonds. The molecule has 0 spiro atoms. The summed E-state index contributed by atoms with van der Waals surface area (Å²) >= 11 is 0. The first kappa shape index (κ1) is 19.1. The number of carbonyl (C=O) groups excluding carboxylic acids is 1. The van der Waals surface area contributed by atoms with Crippen molar-refractivity contribution in [2.45, 2.75) is 52.5 Å². The average molecular weight is 339 g/mol. The van der Waals surface area contributed by atoms with Gasteiger partial charge in [-0.2, -0.15) is 5.26 Å². The number of hydrogen-bond donors (Lipinski definition) is 1. The number of nitriles is 1. The maximum atomic E-state index is 12.5. The summed E-state index contributed by atoms with van der Waals surface area (Å²) in [6.45, 7) is 8.34. The topological polar surface area (TPSA) is 56.1 Å². The van der Waals surface area contributed by atoms with Crippen molar-refractivity contribution in [3.63, 3.8) is 0 Å². The highest BCUT2D eigenvalue weighted by Gasteiger charge is 2.24. The zero-order valence-corrected chi connectivity index (χ0v) is 15.6. The summed E-state index contributed by atoms with van der Waals surface area (Å²) in [6.07, 6.45) is 6.20. The molecule has 0 saturated heterocycles. The number of rotatable bonds is 6. The Balaban J connectivity index is 2.08. The third-order valence-corrected chi connectivity index (χ3v) is 5.13. The van der Waals surface area contributed by atoms with E-state index in [2.05, 4.69) is 37.1 Å². The van der Waals surface area contributed by atoms with Gasteiger partial charge in [0.25, 0.3) is 5.91 Å². The number of amides is 1. The lowest BCUT2D eigenvalue weighted by Crippen LogP contribution is -2.41. The van der Waals surface area contributed by atoms with Gasteiger partial charge in [0.1, 0.15) is 11.6 Å². The predicted molar refractivity (Wildman–Crippen MR) is 103 cm³/mol. The molecule has 2 unspecified atom stereocenters. The zero-order valence-electron chi connectivity index (χ0n) is 15.6. The molecule has 4 heteroatoms. The van der Waals surface area contributed by atoms with E-state index in [-0.39, 0.29) is 17.5 Å². The van der Waals surface area contributed by atoms with Gasteiger partial charge in [-0.15, -0.1) is 0 Å². The Morgan fingerprint density at radius 3 is 2.44 bits per heavy atom. The summed E-state index contributed by atoms with van der Waals surface area (Å²) in [5.74, 6) is 0.222. The molecule has 1 N–H and O–H groups in total. The highest BCUT2D eigenvalue weighted by Crippen LogP contribution is 2.24. The quantitative estimate of drug-likeness (QED) is 0.626. The Labute approximate surface area is 151 Å². The van der Waals surface area contributed by atoms with E-state index in [1.807, 2.05) is 24.3 Å². The maximum absolute atomic E-state index is 12.5. The minimum Gasteiger partial charge on any atom is -0.372 e. The summed E-state index contributed by atoms with van der Waals surface area (Å²) in [7, 11) is 0. The van der Waals surface area contributed by atoms with Crippen LogP contribution in [0.4, 0.5) is 5.69 Å². The molecule has 4 nitrogen and oxygen atoms in total. The number of benzene rings is 1. The van der Waals surface area contributed by atoms with E-state index in [0.29, 0.717) is 5.92 Å². The Bertz CT molecular complexity index is 638. The van der Waals surface area contributed by atoms with E-state index >= 15 is 0 Å². The van der Waals surface area contributed by atoms with E-state index < -0.39 is 0 Å². The molecule has 0 bridgehead atoms. The van der Waals surface area contributed by atoms with Gasteiger partial charge in [0.2, 0.25) is 0 Å². The molecule has 0 aliphatic heterocycles. The third-order valence-electron chi connectivity index (χ3n) is 5.13. The van der Waals surface area contributed by atoms with Crippen molar-refractivity contribution in [3.05, 3.63) is 35.4 Å². The second-order valence-electron chi connectivity index (χ2n) is 6.78. The molecule has 1 aliphatic carbocycles. The largest absolute Gasteiger partial charge is 0.372 e. The van der Waals surface area contributed by atoms with Crippen LogP contribution in [0.2, 0.25) is 0 Å². The van der Waals surface area contributed by atoms with Crippen molar-refractivity contribution in [2.24, 2.45) is 5.92 Å². The Kier molecular flexibility index (Phi) is 7.06. The van der Waals surface area contributed by atoms with Gasteiger partial charge in [0, 0.05) is 24.8 Å². The molecule has 2 atom stereocenters. The zero-order chi connectivity index (χ0) is 18.2. The first-order chi connectivity index (χ1) is 12.1. The Morgan fingerprint density at radius 2 is 1.88 bits per heavy atom. The SMILES string of the molecule is CCN(CC)c1ccc(/C=C(\C#N)C(=O)NC2CCCCC2C)cc1. The van der Waals surface area contributed by atoms with Crippen LogP contribution >= 0.6 is 0 Å². The maximum Gasteiger partial charge on any atom is 0.262 e. The third kappa shape index (κ3) is 5.09. The molecule has 1 aliphatic rings. The fourth-order valence-electron chi connectivity index (χ4n) is 3.46. The molecule has 1 aromatic rings. The van der Waals surface area contributed by atoms with E-state index in [4.69, 9.17) is 0 Å². The van der Waals surface area contributed by atoms with Crippen LogP contribution in [-0.2, 0) is 4.79 Å². The normalized spacial score (nSPS) is 20.6. The van der Waals surface area contributed by atoms with Gasteiger partial charge in [-0.25, -0.2) is 0 Å². The van der Waals surface area contributed by atoms with Gasteiger partial charge in [-0.3, -0.25) is 4.79 Å². The number of hydrogen-bond acceptors (Lipinski definition) is 3. The Hall–Kier alpha value is -2.28. The molecule has 0 radical (unpaired) electrons. The van der Waals surface area contributed by atoms with Crippen molar-refractivity contribution in [3.8, 4) is 6.07 Å². The predicted octanol–water partition coefficient (Wildman–Crippen LogP) is 4.13. The van der Waals surface area contributed by atoms with Gasteiger partial charge in [0.05, 0.1) is 0 Å². The van der Waals surface area contributed by atoms with Gasteiger partial charge >= 0.3 is 0 Å². The summed E-state index contributed by atoms with van der Waals surface area (Å²) < 4.78 is 0. The summed E-state index contributed by atoms with van der Waals surface area (Å²) in [5, 5.41) is 12.4. The van der Waals surface area contributed by atoms with Crippen LogP contribution in [0.15, 0.2) is 29.8 Å². The second kappa shape index (κ2) is 9.27. The molecular weight excluding hydrogens is 310 g/mol. The standard InChI is InChI=1S/C21H29N3O/c1-4-24(5-2)19-12-10-17(11-13-19)14-18(15-22)21(25)23-20-9-7-6-8-16(20)3/h10-14,16,20H,4-9H2,1-3H3,(H,23,25)/b18-14+. The number of nitrogens with one attached hydrogen (secondary N) is 1. The summed E-state index contributed by atoms with van der Waals surface area (Å²) in [5.41, 5.74) is 2.20. The highest BCUT2D eigenvalue weighted by molar-refractivity contribution is 6.01. The van der Waals surface area contributed by atoms with E-state index in [1.165, 1.54) is 6.42 Å². The lowest BCUT2D eigenvalue weighted by atomic mass is 9.86. The first-order valence-corrected chi connectivity index (χ1v) is 9.36. The van der Waals surface area contributed by atoms with Gasteiger partial charge < -0.3 is 10.2 Å². The smallest absolute Gasteiger partial charge is 0.262 e. The molecule has 1 saturated carbocycles. The molecule has 1 fully saturated rings. The Morgan fingerprint density at radius 1 is 1.24 bits per heavy atom. The average Bonchev–Trinajstić information content (AvgIpc) is 2.63. The van der Waals surface area contributed by atoms with E-state index in [0.717, 1.165) is 43.6 Å². The van der Waals surface area contributed by atoms with Crippen LogP contribution in [0.1, 0.15) is 52.0 Å². The van der Waals surface area contributed by atoms with Crippen molar-refractivity contribution < 1.29 is 4.79 Å². The molecule has 0 aromatic heterocycles. The van der Waals surface area contributed by atoms with Crippen LogP contribution in [0, 0.1) is 17.2 Å². The van der Waals surface area contributed by atoms with Gasteiger partial charge in [-0.05, 0) is 56.4 Å². The minimum absolute atomic E-state index is 0.174. The summed E-state index contributed by atoms with van der Waals surface area (Å²) in [4.78, 5) is 14.7. The molecule has 0 heterocycles. The fourth-order valence-corrected chi connectivity index (χ4v) is 3.46. The molecule has 25 heavy (non-hydrogen) atoms. The molecule has 2 rings (SSSR count). The fraction of sp³-hybridized carbons (Fsp3) is 0.524.